The summed E-state index contributed by atoms with van der Waals surface area (Å²) in [6.45, 7) is 11.2. The molecule has 0 aromatic rings. The minimum absolute atomic E-state index is 0.0386. The van der Waals surface area contributed by atoms with Crippen LogP contribution in [0.2, 0.25) is 0 Å². The minimum Gasteiger partial charge on any atom is -0.465 e. The lowest BCUT2D eigenvalue weighted by atomic mass is 9.79. The topological polar surface area (TPSA) is 26.3 Å². The molecule has 0 amide bonds. The molecule has 12 heavy (non-hydrogen) atoms. The number of hydrogen-bond acceptors (Lipinski definition) is 2. The highest BCUT2D eigenvalue weighted by Crippen LogP contribution is 2.29. The van der Waals surface area contributed by atoms with Gasteiger partial charge in [-0.25, -0.2) is 0 Å². The Labute approximate surface area is 75.3 Å². The summed E-state index contributed by atoms with van der Waals surface area (Å²) in [5, 5.41) is 0. The zero-order valence-electron chi connectivity index (χ0n) is 8.76. The van der Waals surface area contributed by atoms with Gasteiger partial charge in [-0.1, -0.05) is 27.7 Å². The summed E-state index contributed by atoms with van der Waals surface area (Å²) in [6, 6.07) is 0. The maximum Gasteiger partial charge on any atom is 0.293 e. The van der Waals surface area contributed by atoms with E-state index in [9.17, 15) is 4.79 Å². The molecular weight excluding hydrogens is 152 g/mol. The molecule has 0 aliphatic heterocycles. The summed E-state index contributed by atoms with van der Waals surface area (Å²) in [5.74, 6) is 0.562. The van der Waals surface area contributed by atoms with Crippen molar-refractivity contribution < 1.29 is 9.53 Å². The van der Waals surface area contributed by atoms with Crippen LogP contribution in [0.1, 0.15) is 41.0 Å². The largest absolute Gasteiger partial charge is 0.465 e. The maximum atomic E-state index is 10.0. The first kappa shape index (κ1) is 11.5. The van der Waals surface area contributed by atoms with Crippen LogP contribution in [0.5, 0.6) is 0 Å². The van der Waals surface area contributed by atoms with Crippen molar-refractivity contribution in [1.29, 1.82) is 0 Å². The molecule has 0 aromatic heterocycles. The van der Waals surface area contributed by atoms with Gasteiger partial charge in [0.05, 0.1) is 6.10 Å². The Balaban J connectivity index is 3.83. The molecule has 2 atom stereocenters. The molecule has 0 aliphatic rings. The Morgan fingerprint density at radius 1 is 1.33 bits per heavy atom. The molecule has 0 radical (unpaired) electrons. The van der Waals surface area contributed by atoms with Gasteiger partial charge in [-0.3, -0.25) is 4.79 Å². The summed E-state index contributed by atoms with van der Waals surface area (Å²) in [4.78, 5) is 10.0. The molecule has 2 heteroatoms. The monoisotopic (exact) mass is 172 g/mol. The normalized spacial score (nSPS) is 16.8. The highest BCUT2D eigenvalue weighted by molar-refractivity contribution is 5.37. The lowest BCUT2D eigenvalue weighted by Gasteiger charge is -2.28. The molecule has 0 aromatic carbocycles. The van der Waals surface area contributed by atoms with E-state index >= 15 is 0 Å². The maximum absolute atomic E-state index is 10.0. The molecule has 0 aliphatic carbocycles. The van der Waals surface area contributed by atoms with Gasteiger partial charge in [0.25, 0.3) is 6.47 Å². The lowest BCUT2D eigenvalue weighted by molar-refractivity contribution is -0.133. The van der Waals surface area contributed by atoms with Crippen molar-refractivity contribution >= 4 is 6.47 Å². The summed E-state index contributed by atoms with van der Waals surface area (Å²) < 4.78 is 4.83. The number of rotatable bonds is 4. The van der Waals surface area contributed by atoms with Gasteiger partial charge in [-0.15, -0.1) is 0 Å². The van der Waals surface area contributed by atoms with Gasteiger partial charge in [-0.2, -0.15) is 0 Å². The summed E-state index contributed by atoms with van der Waals surface area (Å²) in [5.41, 5.74) is 0.292. The third-order valence-corrected chi connectivity index (χ3v) is 2.45. The first-order chi connectivity index (χ1) is 5.38. The first-order valence-electron chi connectivity index (χ1n) is 4.47. The molecular formula is C10H20O2. The van der Waals surface area contributed by atoms with Crippen LogP contribution in [-0.4, -0.2) is 12.6 Å². The third-order valence-electron chi connectivity index (χ3n) is 2.45. The number of hydrogen-bond donors (Lipinski definition) is 0. The fourth-order valence-corrected chi connectivity index (χ4v) is 1.00. The Morgan fingerprint density at radius 2 is 1.83 bits per heavy atom. The van der Waals surface area contributed by atoms with Crippen molar-refractivity contribution in [3.05, 3.63) is 0 Å². The highest BCUT2D eigenvalue weighted by Gasteiger charge is 2.22. The van der Waals surface area contributed by atoms with Crippen LogP contribution in [0.25, 0.3) is 0 Å². The van der Waals surface area contributed by atoms with Gasteiger partial charge in [0.15, 0.2) is 0 Å². The first-order valence-corrected chi connectivity index (χ1v) is 4.47. The second-order valence-corrected chi connectivity index (χ2v) is 4.55. The van der Waals surface area contributed by atoms with E-state index in [2.05, 4.69) is 27.7 Å². The molecule has 0 N–H and O–H groups in total. The Bertz CT molecular complexity index is 135. The quantitative estimate of drug-likeness (QED) is 0.609. The zero-order valence-corrected chi connectivity index (χ0v) is 8.76. The average molecular weight is 172 g/mol. The number of ether oxygens (including phenoxy) is 1. The summed E-state index contributed by atoms with van der Waals surface area (Å²) in [6.07, 6.45) is 0.971. The van der Waals surface area contributed by atoms with Crippen LogP contribution < -0.4 is 0 Å². The molecule has 2 nitrogen and oxygen atoms in total. The van der Waals surface area contributed by atoms with E-state index in [0.29, 0.717) is 17.8 Å². The van der Waals surface area contributed by atoms with E-state index in [1.807, 2.05) is 6.92 Å². The molecule has 2 unspecified atom stereocenters. The number of carbonyl (C=O) groups is 1. The Hall–Kier alpha value is -0.530. The third kappa shape index (κ3) is 4.37. The van der Waals surface area contributed by atoms with Crippen LogP contribution in [0.3, 0.4) is 0 Å². The van der Waals surface area contributed by atoms with E-state index in [4.69, 9.17) is 4.74 Å². The standard InChI is InChI=1S/C10H20O2/c1-8(10(3,4)5)6-9(2)12-7-11/h7-9H,6H2,1-5H3. The van der Waals surface area contributed by atoms with Crippen LogP contribution in [0.4, 0.5) is 0 Å². The Morgan fingerprint density at radius 3 is 2.17 bits per heavy atom. The Kier molecular flexibility index (Phi) is 4.29. The number of carbonyl (C=O) groups excluding carboxylic acids is 1. The van der Waals surface area contributed by atoms with E-state index in [-0.39, 0.29) is 6.10 Å². The molecule has 0 saturated carbocycles. The SMILES string of the molecule is CC(CC(C)C(C)(C)C)OC=O. The smallest absolute Gasteiger partial charge is 0.293 e. The van der Waals surface area contributed by atoms with Crippen molar-refractivity contribution in [3.8, 4) is 0 Å². The molecule has 0 spiro atoms. The van der Waals surface area contributed by atoms with Gasteiger partial charge < -0.3 is 4.74 Å². The second kappa shape index (κ2) is 4.48. The fourth-order valence-electron chi connectivity index (χ4n) is 1.00. The molecule has 72 valence electrons. The van der Waals surface area contributed by atoms with Gasteiger partial charge in [0.2, 0.25) is 0 Å². The van der Waals surface area contributed by atoms with E-state index in [1.54, 1.807) is 0 Å². The van der Waals surface area contributed by atoms with E-state index < -0.39 is 0 Å². The van der Waals surface area contributed by atoms with Crippen molar-refractivity contribution in [2.24, 2.45) is 11.3 Å². The van der Waals surface area contributed by atoms with Crippen molar-refractivity contribution in [3.63, 3.8) is 0 Å². The molecule has 0 heterocycles. The lowest BCUT2D eigenvalue weighted by Crippen LogP contribution is -2.22. The molecule has 0 bridgehead atoms. The highest BCUT2D eigenvalue weighted by atomic mass is 16.5. The van der Waals surface area contributed by atoms with Crippen LogP contribution in [0.15, 0.2) is 0 Å². The molecule has 0 saturated heterocycles. The van der Waals surface area contributed by atoms with Gasteiger partial charge in [0, 0.05) is 0 Å². The summed E-state index contributed by atoms with van der Waals surface area (Å²) in [7, 11) is 0. The van der Waals surface area contributed by atoms with Gasteiger partial charge in [-0.05, 0) is 24.7 Å². The van der Waals surface area contributed by atoms with Crippen LogP contribution in [0, 0.1) is 11.3 Å². The van der Waals surface area contributed by atoms with E-state index in [0.717, 1.165) is 6.42 Å². The molecule has 0 fully saturated rings. The van der Waals surface area contributed by atoms with Gasteiger partial charge >= 0.3 is 0 Å². The van der Waals surface area contributed by atoms with Crippen LogP contribution in [-0.2, 0) is 9.53 Å². The predicted molar refractivity (Wildman–Crippen MR) is 49.8 cm³/mol. The fraction of sp³-hybridized carbons (Fsp3) is 0.900. The van der Waals surface area contributed by atoms with Crippen LogP contribution >= 0.6 is 0 Å². The van der Waals surface area contributed by atoms with Gasteiger partial charge in [0.1, 0.15) is 0 Å². The van der Waals surface area contributed by atoms with Crippen molar-refractivity contribution in [1.82, 2.24) is 0 Å². The van der Waals surface area contributed by atoms with E-state index in [1.165, 1.54) is 0 Å². The predicted octanol–water partition coefficient (Wildman–Crippen LogP) is 2.62. The van der Waals surface area contributed by atoms with Crippen molar-refractivity contribution in [2.75, 3.05) is 0 Å². The zero-order chi connectivity index (χ0) is 9.78. The van der Waals surface area contributed by atoms with Crippen molar-refractivity contribution in [2.45, 2.75) is 47.1 Å². The minimum atomic E-state index is 0.0386. The average Bonchev–Trinajstić information content (AvgIpc) is 1.85. The summed E-state index contributed by atoms with van der Waals surface area (Å²) >= 11 is 0. The second-order valence-electron chi connectivity index (χ2n) is 4.55. The molecule has 0 rings (SSSR count).